The maximum atomic E-state index is 10.5. The largest absolute Gasteiger partial charge is 0.329 e. The van der Waals surface area contributed by atoms with E-state index in [4.69, 9.17) is 0 Å². The highest BCUT2D eigenvalue weighted by Crippen LogP contribution is 2.03. The summed E-state index contributed by atoms with van der Waals surface area (Å²) in [7, 11) is 0. The van der Waals surface area contributed by atoms with Crippen molar-refractivity contribution in [1.29, 1.82) is 0 Å². The molecule has 0 atom stereocenters. The predicted octanol–water partition coefficient (Wildman–Crippen LogP) is 2.44. The molecule has 0 aliphatic carbocycles. The van der Waals surface area contributed by atoms with Crippen molar-refractivity contribution in [1.82, 2.24) is 9.55 Å². The van der Waals surface area contributed by atoms with Gasteiger partial charge in [-0.15, -0.1) is 6.58 Å². The molecule has 3 nitrogen and oxygen atoms in total. The third-order valence-electron chi connectivity index (χ3n) is 2.16. The highest BCUT2D eigenvalue weighted by molar-refractivity contribution is 5.69. The van der Waals surface area contributed by atoms with Gasteiger partial charge >= 0.3 is 0 Å². The Labute approximate surface area is 84.5 Å². The predicted molar refractivity (Wildman–Crippen MR) is 56.3 cm³/mol. The number of imidazole rings is 1. The third kappa shape index (κ3) is 3.17. The highest BCUT2D eigenvalue weighted by Gasteiger charge is 1.99. The number of allylic oxidation sites excluding steroid dienone is 1. The Morgan fingerprint density at radius 3 is 3.00 bits per heavy atom. The van der Waals surface area contributed by atoms with Crippen LogP contribution in [0, 0.1) is 0 Å². The van der Waals surface area contributed by atoms with Gasteiger partial charge in [0.05, 0.1) is 0 Å². The van der Waals surface area contributed by atoms with Crippen LogP contribution in [0.25, 0.3) is 0 Å². The fraction of sp³-hybridized carbons (Fsp3) is 0.455. The average molecular weight is 192 g/mol. The SMILES string of the molecule is C=CCCCCCn1ccnc1C=O. The molecule has 0 saturated carbocycles. The van der Waals surface area contributed by atoms with E-state index in [1.165, 1.54) is 12.8 Å². The number of rotatable bonds is 7. The zero-order chi connectivity index (χ0) is 10.2. The molecule has 0 saturated heterocycles. The molecule has 0 radical (unpaired) electrons. The Bertz CT molecular complexity index is 291. The van der Waals surface area contributed by atoms with E-state index >= 15 is 0 Å². The number of unbranched alkanes of at least 4 members (excludes halogenated alkanes) is 3. The Morgan fingerprint density at radius 2 is 2.29 bits per heavy atom. The Balaban J connectivity index is 2.24. The van der Waals surface area contributed by atoms with Crippen molar-refractivity contribution in [2.45, 2.75) is 32.2 Å². The zero-order valence-electron chi connectivity index (χ0n) is 8.35. The van der Waals surface area contributed by atoms with Crippen molar-refractivity contribution in [3.63, 3.8) is 0 Å². The minimum absolute atomic E-state index is 0.522. The van der Waals surface area contributed by atoms with E-state index in [9.17, 15) is 4.79 Å². The zero-order valence-corrected chi connectivity index (χ0v) is 8.35. The molecule has 3 heteroatoms. The van der Waals surface area contributed by atoms with Gasteiger partial charge in [0.1, 0.15) is 0 Å². The Morgan fingerprint density at radius 1 is 1.43 bits per heavy atom. The first-order valence-electron chi connectivity index (χ1n) is 4.95. The van der Waals surface area contributed by atoms with Gasteiger partial charge in [0.25, 0.3) is 0 Å². The second-order valence-electron chi connectivity index (χ2n) is 3.23. The van der Waals surface area contributed by atoms with Crippen LogP contribution in [-0.2, 0) is 6.54 Å². The lowest BCUT2D eigenvalue weighted by Crippen LogP contribution is -2.01. The fourth-order valence-corrected chi connectivity index (χ4v) is 1.38. The van der Waals surface area contributed by atoms with E-state index in [1.807, 2.05) is 16.8 Å². The summed E-state index contributed by atoms with van der Waals surface area (Å²) in [5, 5.41) is 0. The maximum absolute atomic E-state index is 10.5. The van der Waals surface area contributed by atoms with Gasteiger partial charge in [-0.25, -0.2) is 4.98 Å². The van der Waals surface area contributed by atoms with E-state index in [-0.39, 0.29) is 0 Å². The summed E-state index contributed by atoms with van der Waals surface area (Å²) in [5.41, 5.74) is 0. The molecule has 0 aromatic carbocycles. The van der Waals surface area contributed by atoms with Crippen molar-refractivity contribution in [2.24, 2.45) is 0 Å². The molecule has 0 aliphatic rings. The standard InChI is InChI=1S/C11H16N2O/c1-2-3-4-5-6-8-13-9-7-12-11(13)10-14/h2,7,9-10H,1,3-6,8H2. The summed E-state index contributed by atoms with van der Waals surface area (Å²) in [4.78, 5) is 14.5. The number of aldehydes is 1. The van der Waals surface area contributed by atoms with Crippen LogP contribution >= 0.6 is 0 Å². The molecule has 0 N–H and O–H groups in total. The molecule has 1 aromatic rings. The summed E-state index contributed by atoms with van der Waals surface area (Å²) in [6, 6.07) is 0. The molecule has 0 unspecified atom stereocenters. The van der Waals surface area contributed by atoms with Gasteiger partial charge in [0.2, 0.25) is 0 Å². The minimum atomic E-state index is 0.522. The molecule has 1 heterocycles. The quantitative estimate of drug-likeness (QED) is 0.378. The summed E-state index contributed by atoms with van der Waals surface area (Å²) >= 11 is 0. The van der Waals surface area contributed by atoms with Gasteiger partial charge < -0.3 is 4.57 Å². The lowest BCUT2D eigenvalue weighted by molar-refractivity contribution is 0.111. The van der Waals surface area contributed by atoms with E-state index in [0.717, 1.165) is 25.7 Å². The number of aryl methyl sites for hydroxylation is 1. The van der Waals surface area contributed by atoms with Crippen molar-refractivity contribution < 1.29 is 4.79 Å². The molecular weight excluding hydrogens is 176 g/mol. The van der Waals surface area contributed by atoms with Crippen LogP contribution in [-0.4, -0.2) is 15.8 Å². The second kappa shape index (κ2) is 6.13. The van der Waals surface area contributed by atoms with Crippen molar-refractivity contribution >= 4 is 6.29 Å². The second-order valence-corrected chi connectivity index (χ2v) is 3.23. The number of carbonyl (C=O) groups excluding carboxylic acids is 1. The number of carbonyl (C=O) groups is 1. The van der Waals surface area contributed by atoms with Crippen LogP contribution in [0.1, 0.15) is 36.3 Å². The first-order chi connectivity index (χ1) is 6.88. The van der Waals surface area contributed by atoms with Crippen LogP contribution < -0.4 is 0 Å². The number of aromatic nitrogens is 2. The lowest BCUT2D eigenvalue weighted by Gasteiger charge is -2.02. The molecule has 0 aliphatic heterocycles. The molecule has 1 rings (SSSR count). The highest BCUT2D eigenvalue weighted by atomic mass is 16.1. The van der Waals surface area contributed by atoms with Crippen LogP contribution in [0.3, 0.4) is 0 Å². The van der Waals surface area contributed by atoms with Gasteiger partial charge in [-0.3, -0.25) is 4.79 Å². The van der Waals surface area contributed by atoms with Crippen molar-refractivity contribution in [3.05, 3.63) is 30.9 Å². The summed E-state index contributed by atoms with van der Waals surface area (Å²) in [5.74, 6) is 0.522. The van der Waals surface area contributed by atoms with Crippen molar-refractivity contribution in [3.8, 4) is 0 Å². The van der Waals surface area contributed by atoms with Crippen LogP contribution in [0.15, 0.2) is 25.0 Å². The normalized spacial score (nSPS) is 10.0. The summed E-state index contributed by atoms with van der Waals surface area (Å²) < 4.78 is 1.89. The Hall–Kier alpha value is -1.38. The topological polar surface area (TPSA) is 34.9 Å². The van der Waals surface area contributed by atoms with Gasteiger partial charge in [-0.1, -0.05) is 12.5 Å². The molecule has 14 heavy (non-hydrogen) atoms. The number of nitrogens with zero attached hydrogens (tertiary/aromatic N) is 2. The summed E-state index contributed by atoms with van der Waals surface area (Å²) in [6.07, 6.45) is 10.7. The molecule has 0 bridgehead atoms. The van der Waals surface area contributed by atoms with E-state index in [1.54, 1.807) is 6.20 Å². The molecule has 76 valence electrons. The molecule has 0 fully saturated rings. The Kier molecular flexibility index (Phi) is 4.69. The number of hydrogen-bond donors (Lipinski definition) is 0. The van der Waals surface area contributed by atoms with E-state index in [0.29, 0.717) is 5.82 Å². The van der Waals surface area contributed by atoms with E-state index in [2.05, 4.69) is 11.6 Å². The first kappa shape index (κ1) is 10.7. The smallest absolute Gasteiger partial charge is 0.185 e. The van der Waals surface area contributed by atoms with E-state index < -0.39 is 0 Å². The summed E-state index contributed by atoms with van der Waals surface area (Å²) in [6.45, 7) is 4.55. The van der Waals surface area contributed by atoms with Crippen LogP contribution in [0.4, 0.5) is 0 Å². The van der Waals surface area contributed by atoms with Gasteiger partial charge in [-0.2, -0.15) is 0 Å². The van der Waals surface area contributed by atoms with Crippen LogP contribution in [0.5, 0.6) is 0 Å². The molecule has 0 spiro atoms. The molecule has 1 aromatic heterocycles. The molecular formula is C11H16N2O. The average Bonchev–Trinajstić information content (AvgIpc) is 2.65. The van der Waals surface area contributed by atoms with Gasteiger partial charge in [0, 0.05) is 18.9 Å². The van der Waals surface area contributed by atoms with Gasteiger partial charge in [-0.05, 0) is 19.3 Å². The van der Waals surface area contributed by atoms with Gasteiger partial charge in [0.15, 0.2) is 12.1 Å². The monoisotopic (exact) mass is 192 g/mol. The maximum Gasteiger partial charge on any atom is 0.185 e. The first-order valence-corrected chi connectivity index (χ1v) is 4.95. The van der Waals surface area contributed by atoms with Crippen LogP contribution in [0.2, 0.25) is 0 Å². The number of hydrogen-bond acceptors (Lipinski definition) is 2. The lowest BCUT2D eigenvalue weighted by atomic mass is 10.2. The van der Waals surface area contributed by atoms with Crippen molar-refractivity contribution in [2.75, 3.05) is 0 Å². The third-order valence-corrected chi connectivity index (χ3v) is 2.16. The fourth-order valence-electron chi connectivity index (χ4n) is 1.38. The minimum Gasteiger partial charge on any atom is -0.329 e. The molecule has 0 amide bonds.